The maximum absolute atomic E-state index is 11.8. The first-order valence-corrected chi connectivity index (χ1v) is 8.29. The molecule has 0 aromatic carbocycles. The fourth-order valence-electron chi connectivity index (χ4n) is 2.61. The van der Waals surface area contributed by atoms with Gasteiger partial charge in [0.1, 0.15) is 0 Å². The Morgan fingerprint density at radius 1 is 1.37 bits per heavy atom. The molecule has 19 heavy (non-hydrogen) atoms. The van der Waals surface area contributed by atoms with Crippen molar-refractivity contribution in [3.63, 3.8) is 0 Å². The molecule has 0 unspecified atom stereocenters. The number of Topliss-reactive ketones (excluding diaryl/α,β-unsaturated/α-hetero) is 1. The summed E-state index contributed by atoms with van der Waals surface area (Å²) >= 11 is 0. The molecule has 1 heterocycles. The molecule has 2 rings (SSSR count). The summed E-state index contributed by atoms with van der Waals surface area (Å²) in [5.74, 6) is 0.231. The molecule has 1 aliphatic carbocycles. The van der Waals surface area contributed by atoms with Crippen LogP contribution in [0.4, 0.5) is 0 Å². The summed E-state index contributed by atoms with van der Waals surface area (Å²) in [5.41, 5.74) is 2.75. The van der Waals surface area contributed by atoms with Gasteiger partial charge in [0.15, 0.2) is 5.78 Å². The minimum absolute atomic E-state index is 0.0526. The van der Waals surface area contributed by atoms with Gasteiger partial charge in [0.2, 0.25) is 10.0 Å². The van der Waals surface area contributed by atoms with E-state index in [0.29, 0.717) is 19.5 Å². The van der Waals surface area contributed by atoms with E-state index >= 15 is 0 Å². The maximum atomic E-state index is 11.8. The van der Waals surface area contributed by atoms with Crippen LogP contribution < -0.4 is 4.72 Å². The normalized spacial score (nSPS) is 15.6. The number of hydrogen-bond acceptors (Lipinski definition) is 3. The minimum atomic E-state index is -3.22. The first-order chi connectivity index (χ1) is 8.94. The number of fused-ring (bicyclic) bond motifs is 1. The Kier molecular flexibility index (Phi) is 4.10. The van der Waals surface area contributed by atoms with Gasteiger partial charge in [0.05, 0.1) is 5.75 Å². The summed E-state index contributed by atoms with van der Waals surface area (Å²) in [6.45, 7) is 4.50. The number of nitrogens with one attached hydrogen (secondary N) is 1. The lowest BCUT2D eigenvalue weighted by molar-refractivity contribution is 0.0972. The average molecular weight is 284 g/mol. The third-order valence-electron chi connectivity index (χ3n) is 3.48. The molecule has 0 radical (unpaired) electrons. The lowest BCUT2D eigenvalue weighted by Crippen LogP contribution is -2.28. The number of rotatable bonds is 5. The Hall–Kier alpha value is -1.14. The zero-order valence-corrected chi connectivity index (χ0v) is 12.2. The van der Waals surface area contributed by atoms with Crippen LogP contribution in [0.3, 0.4) is 0 Å². The lowest BCUT2D eigenvalue weighted by Gasteiger charge is -2.16. The molecule has 106 valence electrons. The molecule has 1 aromatic heterocycles. The van der Waals surface area contributed by atoms with Crippen LogP contribution >= 0.6 is 0 Å². The number of ketones is 1. The SMILES string of the molecule is CCNS(=O)(=O)CCn1c(C)cc2c1CCCC2=O. The molecular weight excluding hydrogens is 264 g/mol. The molecule has 0 atom stereocenters. The molecule has 0 fully saturated rings. The highest BCUT2D eigenvalue weighted by Gasteiger charge is 2.23. The Morgan fingerprint density at radius 3 is 2.79 bits per heavy atom. The number of sulfonamides is 1. The van der Waals surface area contributed by atoms with Gasteiger partial charge in [-0.3, -0.25) is 4.79 Å². The van der Waals surface area contributed by atoms with Gasteiger partial charge < -0.3 is 4.57 Å². The molecule has 0 bridgehead atoms. The molecule has 0 saturated heterocycles. The monoisotopic (exact) mass is 284 g/mol. The summed E-state index contributed by atoms with van der Waals surface area (Å²) in [6, 6.07) is 1.89. The van der Waals surface area contributed by atoms with Crippen molar-refractivity contribution in [1.29, 1.82) is 0 Å². The van der Waals surface area contributed by atoms with Crippen molar-refractivity contribution in [2.75, 3.05) is 12.3 Å². The van der Waals surface area contributed by atoms with Gasteiger partial charge in [0.25, 0.3) is 0 Å². The Bertz CT molecular complexity index is 587. The van der Waals surface area contributed by atoms with Crippen LogP contribution in [0.5, 0.6) is 0 Å². The van der Waals surface area contributed by atoms with Crippen LogP contribution in [0.15, 0.2) is 6.07 Å². The van der Waals surface area contributed by atoms with Crippen LogP contribution in [-0.4, -0.2) is 31.1 Å². The minimum Gasteiger partial charge on any atom is -0.347 e. The third kappa shape index (κ3) is 3.06. The topological polar surface area (TPSA) is 68.2 Å². The van der Waals surface area contributed by atoms with E-state index in [1.54, 1.807) is 6.92 Å². The van der Waals surface area contributed by atoms with Crippen LogP contribution in [0, 0.1) is 6.92 Å². The highest BCUT2D eigenvalue weighted by molar-refractivity contribution is 7.89. The lowest BCUT2D eigenvalue weighted by atomic mass is 9.97. The second-order valence-electron chi connectivity index (χ2n) is 4.89. The van der Waals surface area contributed by atoms with Gasteiger partial charge in [0, 0.05) is 36.5 Å². The average Bonchev–Trinajstić information content (AvgIpc) is 2.64. The second kappa shape index (κ2) is 5.46. The van der Waals surface area contributed by atoms with Crippen LogP contribution in [0.25, 0.3) is 0 Å². The summed E-state index contributed by atoms with van der Waals surface area (Å²) in [6.07, 6.45) is 2.32. The molecule has 5 nitrogen and oxygen atoms in total. The van der Waals surface area contributed by atoms with Crippen molar-refractivity contribution in [2.45, 2.75) is 39.7 Å². The van der Waals surface area contributed by atoms with E-state index in [4.69, 9.17) is 0 Å². The van der Waals surface area contributed by atoms with Crippen molar-refractivity contribution in [3.05, 3.63) is 23.0 Å². The van der Waals surface area contributed by atoms with Gasteiger partial charge in [-0.15, -0.1) is 0 Å². The van der Waals surface area contributed by atoms with E-state index in [1.807, 2.05) is 17.6 Å². The number of carbonyl (C=O) groups excluding carboxylic acids is 1. The van der Waals surface area contributed by atoms with Crippen molar-refractivity contribution in [2.24, 2.45) is 0 Å². The third-order valence-corrected chi connectivity index (χ3v) is 4.93. The predicted octanol–water partition coefficient (Wildman–Crippen LogP) is 1.25. The summed E-state index contributed by atoms with van der Waals surface area (Å²) in [5, 5.41) is 0. The first kappa shape index (κ1) is 14.3. The van der Waals surface area contributed by atoms with Gasteiger partial charge in [-0.2, -0.15) is 0 Å². The van der Waals surface area contributed by atoms with E-state index in [1.165, 1.54) is 0 Å². The van der Waals surface area contributed by atoms with E-state index in [2.05, 4.69) is 4.72 Å². The van der Waals surface area contributed by atoms with Gasteiger partial charge in [-0.05, 0) is 25.8 Å². The first-order valence-electron chi connectivity index (χ1n) is 6.64. The van der Waals surface area contributed by atoms with Crippen LogP contribution in [0.2, 0.25) is 0 Å². The largest absolute Gasteiger partial charge is 0.347 e. The van der Waals surface area contributed by atoms with E-state index in [-0.39, 0.29) is 11.5 Å². The Balaban J connectivity index is 2.20. The van der Waals surface area contributed by atoms with Crippen molar-refractivity contribution >= 4 is 15.8 Å². The standard InChI is InChI=1S/C13H20N2O3S/c1-3-14-19(17,18)8-7-15-10(2)9-11-12(15)5-4-6-13(11)16/h9,14H,3-8H2,1-2H3. The molecule has 0 amide bonds. The molecule has 1 aromatic rings. The van der Waals surface area contributed by atoms with Crippen LogP contribution in [-0.2, 0) is 23.0 Å². The smallest absolute Gasteiger partial charge is 0.213 e. The fraction of sp³-hybridized carbons (Fsp3) is 0.615. The molecule has 1 N–H and O–H groups in total. The number of aromatic nitrogens is 1. The molecule has 0 spiro atoms. The predicted molar refractivity (Wildman–Crippen MR) is 73.9 cm³/mol. The number of hydrogen-bond donors (Lipinski definition) is 1. The highest BCUT2D eigenvalue weighted by atomic mass is 32.2. The molecule has 6 heteroatoms. The second-order valence-corrected chi connectivity index (χ2v) is 6.82. The summed E-state index contributed by atoms with van der Waals surface area (Å²) in [4.78, 5) is 11.8. The zero-order chi connectivity index (χ0) is 14.0. The zero-order valence-electron chi connectivity index (χ0n) is 11.4. The van der Waals surface area contributed by atoms with Crippen molar-refractivity contribution in [3.8, 4) is 0 Å². The fourth-order valence-corrected chi connectivity index (χ4v) is 3.61. The number of aryl methyl sites for hydroxylation is 1. The summed E-state index contributed by atoms with van der Waals surface area (Å²) < 4.78 is 27.8. The molecule has 0 saturated carbocycles. The maximum Gasteiger partial charge on any atom is 0.213 e. The van der Waals surface area contributed by atoms with E-state index < -0.39 is 10.0 Å². The number of carbonyl (C=O) groups is 1. The molecule has 1 aliphatic rings. The van der Waals surface area contributed by atoms with E-state index in [0.717, 1.165) is 29.8 Å². The number of nitrogens with zero attached hydrogens (tertiary/aromatic N) is 1. The summed E-state index contributed by atoms with van der Waals surface area (Å²) in [7, 11) is -3.22. The van der Waals surface area contributed by atoms with Crippen molar-refractivity contribution in [1.82, 2.24) is 9.29 Å². The Morgan fingerprint density at radius 2 is 2.11 bits per heavy atom. The quantitative estimate of drug-likeness (QED) is 0.885. The Labute approximate surface area is 114 Å². The van der Waals surface area contributed by atoms with Crippen molar-refractivity contribution < 1.29 is 13.2 Å². The molecular formula is C13H20N2O3S. The van der Waals surface area contributed by atoms with Gasteiger partial charge in [-0.1, -0.05) is 6.92 Å². The van der Waals surface area contributed by atoms with Crippen LogP contribution in [0.1, 0.15) is 41.5 Å². The van der Waals surface area contributed by atoms with Gasteiger partial charge >= 0.3 is 0 Å². The molecule has 0 aliphatic heterocycles. The highest BCUT2D eigenvalue weighted by Crippen LogP contribution is 2.24. The van der Waals surface area contributed by atoms with E-state index in [9.17, 15) is 13.2 Å². The van der Waals surface area contributed by atoms with Gasteiger partial charge in [-0.25, -0.2) is 13.1 Å².